The Morgan fingerprint density at radius 1 is 1.38 bits per heavy atom. The number of piperidine rings is 1. The SMILES string of the molecule is CN(C)Cc1nnc(C2CCCN(C(=O)CNS(C)(=O)=O)C2)n1C. The van der Waals surface area contributed by atoms with E-state index < -0.39 is 10.0 Å². The van der Waals surface area contributed by atoms with Gasteiger partial charge < -0.3 is 14.4 Å². The molecule has 1 aromatic rings. The van der Waals surface area contributed by atoms with Crippen LogP contribution in [-0.4, -0.2) is 78.9 Å². The Kier molecular flexibility index (Phi) is 5.94. The number of hydrogen-bond acceptors (Lipinski definition) is 6. The molecule has 24 heavy (non-hydrogen) atoms. The molecule has 1 fully saturated rings. The summed E-state index contributed by atoms with van der Waals surface area (Å²) in [6, 6.07) is 0. The van der Waals surface area contributed by atoms with Crippen LogP contribution < -0.4 is 4.72 Å². The highest BCUT2D eigenvalue weighted by Gasteiger charge is 2.28. The van der Waals surface area contributed by atoms with Crippen LogP contribution in [0, 0.1) is 0 Å². The van der Waals surface area contributed by atoms with Gasteiger partial charge in [-0.1, -0.05) is 0 Å². The molecule has 0 radical (unpaired) electrons. The van der Waals surface area contributed by atoms with E-state index in [1.165, 1.54) is 0 Å². The molecular formula is C14H26N6O3S. The van der Waals surface area contributed by atoms with Crippen LogP contribution in [-0.2, 0) is 28.4 Å². The molecule has 0 aromatic carbocycles. The third kappa shape index (κ3) is 4.99. The Balaban J connectivity index is 2.03. The first-order valence-corrected chi connectivity index (χ1v) is 9.82. The zero-order chi connectivity index (χ0) is 17.9. The maximum Gasteiger partial charge on any atom is 0.237 e. The predicted molar refractivity (Wildman–Crippen MR) is 89.8 cm³/mol. The Labute approximate surface area is 143 Å². The van der Waals surface area contributed by atoms with Crippen molar-refractivity contribution in [2.24, 2.45) is 7.05 Å². The zero-order valence-electron chi connectivity index (χ0n) is 14.7. The quantitative estimate of drug-likeness (QED) is 0.710. The van der Waals surface area contributed by atoms with Gasteiger partial charge in [0.05, 0.1) is 19.3 Å². The number of carbonyl (C=O) groups is 1. The maximum absolute atomic E-state index is 12.2. The second-order valence-electron chi connectivity index (χ2n) is 6.54. The number of likely N-dealkylation sites (tertiary alicyclic amines) is 1. The van der Waals surface area contributed by atoms with Crippen molar-refractivity contribution in [1.82, 2.24) is 29.3 Å². The van der Waals surface area contributed by atoms with Crippen LogP contribution in [0.2, 0.25) is 0 Å². The highest BCUT2D eigenvalue weighted by molar-refractivity contribution is 7.88. The van der Waals surface area contributed by atoms with Gasteiger partial charge in [-0.25, -0.2) is 13.1 Å². The minimum Gasteiger partial charge on any atom is -0.341 e. The van der Waals surface area contributed by atoms with Crippen molar-refractivity contribution in [3.8, 4) is 0 Å². The van der Waals surface area contributed by atoms with E-state index in [-0.39, 0.29) is 18.4 Å². The van der Waals surface area contributed by atoms with Crippen LogP contribution >= 0.6 is 0 Å². The van der Waals surface area contributed by atoms with E-state index in [1.807, 2.05) is 30.6 Å². The minimum atomic E-state index is -3.37. The van der Waals surface area contributed by atoms with Crippen molar-refractivity contribution in [3.05, 3.63) is 11.6 Å². The summed E-state index contributed by atoms with van der Waals surface area (Å²) in [7, 11) is 2.53. The van der Waals surface area contributed by atoms with E-state index in [0.29, 0.717) is 19.6 Å². The van der Waals surface area contributed by atoms with Gasteiger partial charge in [0.2, 0.25) is 15.9 Å². The van der Waals surface area contributed by atoms with Crippen LogP contribution in [0.25, 0.3) is 0 Å². The molecule has 1 saturated heterocycles. The van der Waals surface area contributed by atoms with E-state index >= 15 is 0 Å². The van der Waals surface area contributed by atoms with Crippen molar-refractivity contribution in [2.45, 2.75) is 25.3 Å². The fraction of sp³-hybridized carbons (Fsp3) is 0.786. The van der Waals surface area contributed by atoms with E-state index in [4.69, 9.17) is 0 Å². The second kappa shape index (κ2) is 7.58. The lowest BCUT2D eigenvalue weighted by Crippen LogP contribution is -2.44. The van der Waals surface area contributed by atoms with Gasteiger partial charge in [0.1, 0.15) is 11.6 Å². The average molecular weight is 358 g/mol. The summed E-state index contributed by atoms with van der Waals surface area (Å²) in [6.07, 6.45) is 2.85. The molecule has 1 aliphatic rings. The molecule has 1 unspecified atom stereocenters. The number of carbonyl (C=O) groups excluding carboxylic acids is 1. The summed E-state index contributed by atoms with van der Waals surface area (Å²) in [5.41, 5.74) is 0. The molecule has 0 saturated carbocycles. The van der Waals surface area contributed by atoms with Crippen LogP contribution in [0.4, 0.5) is 0 Å². The molecule has 2 heterocycles. The van der Waals surface area contributed by atoms with Crippen molar-refractivity contribution >= 4 is 15.9 Å². The molecule has 1 atom stereocenters. The molecule has 1 N–H and O–H groups in total. The predicted octanol–water partition coefficient (Wildman–Crippen LogP) is -0.868. The lowest BCUT2D eigenvalue weighted by molar-refractivity contribution is -0.131. The highest BCUT2D eigenvalue weighted by atomic mass is 32.2. The van der Waals surface area contributed by atoms with Crippen molar-refractivity contribution in [1.29, 1.82) is 0 Å². The smallest absolute Gasteiger partial charge is 0.237 e. The summed E-state index contributed by atoms with van der Waals surface area (Å²) < 4.78 is 26.5. The summed E-state index contributed by atoms with van der Waals surface area (Å²) >= 11 is 0. The Bertz CT molecular complexity index is 685. The monoisotopic (exact) mass is 358 g/mol. The van der Waals surface area contributed by atoms with Crippen LogP contribution in [0.1, 0.15) is 30.4 Å². The van der Waals surface area contributed by atoms with Crippen molar-refractivity contribution < 1.29 is 13.2 Å². The van der Waals surface area contributed by atoms with Gasteiger partial charge in [-0.05, 0) is 26.9 Å². The standard InChI is InChI=1S/C14H26N6O3S/c1-18(2)10-12-16-17-14(19(12)3)11-6-5-7-20(9-11)13(21)8-15-24(4,22)23/h11,15H,5-10H2,1-4H3. The lowest BCUT2D eigenvalue weighted by Gasteiger charge is -2.32. The second-order valence-corrected chi connectivity index (χ2v) is 8.38. The molecule has 0 aliphatic carbocycles. The fourth-order valence-corrected chi connectivity index (χ4v) is 3.26. The fourth-order valence-electron chi connectivity index (χ4n) is 2.87. The highest BCUT2D eigenvalue weighted by Crippen LogP contribution is 2.25. The normalized spacial score (nSPS) is 19.0. The number of hydrogen-bond donors (Lipinski definition) is 1. The molecule has 0 bridgehead atoms. The van der Waals surface area contributed by atoms with Gasteiger partial charge in [-0.15, -0.1) is 10.2 Å². The van der Waals surface area contributed by atoms with Crippen LogP contribution in [0.3, 0.4) is 0 Å². The molecule has 9 nitrogen and oxygen atoms in total. The number of nitrogens with zero attached hydrogens (tertiary/aromatic N) is 5. The zero-order valence-corrected chi connectivity index (χ0v) is 15.5. The van der Waals surface area contributed by atoms with Crippen molar-refractivity contribution in [3.63, 3.8) is 0 Å². The molecule has 2 rings (SSSR count). The minimum absolute atomic E-state index is 0.120. The largest absolute Gasteiger partial charge is 0.341 e. The Morgan fingerprint density at radius 3 is 2.71 bits per heavy atom. The van der Waals surface area contributed by atoms with Crippen LogP contribution in [0.5, 0.6) is 0 Å². The maximum atomic E-state index is 12.2. The number of amides is 1. The number of nitrogens with one attached hydrogen (secondary N) is 1. The molecule has 10 heteroatoms. The summed E-state index contributed by atoms with van der Waals surface area (Å²) in [5, 5.41) is 8.55. The Hall–Kier alpha value is -1.52. The number of sulfonamides is 1. The van der Waals surface area contributed by atoms with E-state index in [1.54, 1.807) is 4.90 Å². The first kappa shape index (κ1) is 18.8. The summed E-state index contributed by atoms with van der Waals surface area (Å²) in [6.45, 7) is 1.69. The number of aromatic nitrogens is 3. The molecule has 0 spiro atoms. The van der Waals surface area contributed by atoms with Gasteiger partial charge in [0.15, 0.2) is 0 Å². The van der Waals surface area contributed by atoms with Crippen LogP contribution in [0.15, 0.2) is 0 Å². The summed E-state index contributed by atoms with van der Waals surface area (Å²) in [4.78, 5) is 15.9. The van der Waals surface area contributed by atoms with E-state index in [0.717, 1.165) is 30.7 Å². The van der Waals surface area contributed by atoms with E-state index in [9.17, 15) is 13.2 Å². The third-order valence-electron chi connectivity index (χ3n) is 4.08. The van der Waals surface area contributed by atoms with Gasteiger partial charge in [-0.2, -0.15) is 0 Å². The number of rotatable bonds is 6. The topological polar surface area (TPSA) is 100 Å². The molecule has 1 amide bonds. The molecular weight excluding hydrogens is 332 g/mol. The molecule has 1 aliphatic heterocycles. The average Bonchev–Trinajstić information content (AvgIpc) is 2.85. The Morgan fingerprint density at radius 2 is 2.08 bits per heavy atom. The lowest BCUT2D eigenvalue weighted by atomic mass is 9.97. The molecule has 1 aromatic heterocycles. The van der Waals surface area contributed by atoms with Gasteiger partial charge in [0, 0.05) is 26.1 Å². The van der Waals surface area contributed by atoms with Gasteiger partial charge in [0.25, 0.3) is 0 Å². The van der Waals surface area contributed by atoms with Gasteiger partial charge in [-0.3, -0.25) is 4.79 Å². The molecule has 136 valence electrons. The van der Waals surface area contributed by atoms with E-state index in [2.05, 4.69) is 14.9 Å². The first-order chi connectivity index (χ1) is 11.2. The summed E-state index contributed by atoms with van der Waals surface area (Å²) in [5.74, 6) is 1.67. The third-order valence-corrected chi connectivity index (χ3v) is 4.75. The van der Waals surface area contributed by atoms with Crippen molar-refractivity contribution in [2.75, 3.05) is 40.0 Å². The van der Waals surface area contributed by atoms with Gasteiger partial charge >= 0.3 is 0 Å². The first-order valence-electron chi connectivity index (χ1n) is 7.92.